The van der Waals surface area contributed by atoms with Crippen LogP contribution in [0.15, 0.2) is 4.99 Å². The van der Waals surface area contributed by atoms with Crippen molar-refractivity contribution in [2.75, 3.05) is 18.8 Å². The summed E-state index contributed by atoms with van der Waals surface area (Å²) in [7, 11) is 0. The summed E-state index contributed by atoms with van der Waals surface area (Å²) in [6.45, 7) is 3.70. The Morgan fingerprint density at radius 2 is 2.27 bits per heavy atom. The molecule has 4 heteroatoms. The largest absolute Gasteiger partial charge is 0.289 e. The van der Waals surface area contributed by atoms with Crippen LogP contribution in [0.25, 0.3) is 0 Å². The van der Waals surface area contributed by atoms with E-state index in [1.54, 1.807) is 11.8 Å². The topological polar surface area (TPSA) is 32.7 Å². The molecule has 0 radical (unpaired) electrons. The van der Waals surface area contributed by atoms with Crippen molar-refractivity contribution in [2.45, 2.75) is 32.6 Å². The van der Waals surface area contributed by atoms with Crippen molar-refractivity contribution in [3.05, 3.63) is 0 Å². The molecule has 0 saturated heterocycles. The van der Waals surface area contributed by atoms with Gasteiger partial charge in [0.2, 0.25) is 5.91 Å². The van der Waals surface area contributed by atoms with E-state index in [-0.39, 0.29) is 5.92 Å². The standard InChI is InChI=1S/C11H18N2OS/c1-2-15-11-12-7-8-13(11)10(14)9-5-3-4-6-9/h9H,2-8H2,1H3. The van der Waals surface area contributed by atoms with Gasteiger partial charge in [-0.05, 0) is 18.6 Å². The molecule has 0 N–H and O–H groups in total. The number of nitrogens with zero attached hydrogens (tertiary/aromatic N) is 2. The monoisotopic (exact) mass is 226 g/mol. The molecule has 0 aromatic heterocycles. The van der Waals surface area contributed by atoms with Crippen LogP contribution in [0, 0.1) is 5.92 Å². The van der Waals surface area contributed by atoms with Gasteiger partial charge in [-0.3, -0.25) is 14.7 Å². The van der Waals surface area contributed by atoms with Gasteiger partial charge >= 0.3 is 0 Å². The van der Waals surface area contributed by atoms with Gasteiger partial charge in [0.25, 0.3) is 0 Å². The van der Waals surface area contributed by atoms with Gasteiger partial charge in [-0.1, -0.05) is 31.5 Å². The Hall–Kier alpha value is -0.510. The zero-order valence-corrected chi connectivity index (χ0v) is 10.1. The fourth-order valence-electron chi connectivity index (χ4n) is 2.28. The van der Waals surface area contributed by atoms with Crippen molar-refractivity contribution >= 4 is 22.8 Å². The summed E-state index contributed by atoms with van der Waals surface area (Å²) < 4.78 is 0. The molecule has 1 heterocycles. The van der Waals surface area contributed by atoms with Crippen molar-refractivity contribution in [3.63, 3.8) is 0 Å². The molecule has 1 aliphatic heterocycles. The lowest BCUT2D eigenvalue weighted by Crippen LogP contribution is -2.36. The minimum absolute atomic E-state index is 0.283. The fraction of sp³-hybridized carbons (Fsp3) is 0.818. The highest BCUT2D eigenvalue weighted by molar-refractivity contribution is 8.13. The van der Waals surface area contributed by atoms with E-state index < -0.39 is 0 Å². The van der Waals surface area contributed by atoms with Gasteiger partial charge in [-0.2, -0.15) is 0 Å². The second kappa shape index (κ2) is 5.01. The molecule has 0 spiro atoms. The summed E-state index contributed by atoms with van der Waals surface area (Å²) in [5.74, 6) is 1.60. The highest BCUT2D eigenvalue weighted by atomic mass is 32.2. The van der Waals surface area contributed by atoms with E-state index >= 15 is 0 Å². The number of rotatable bonds is 2. The third kappa shape index (κ3) is 2.36. The highest BCUT2D eigenvalue weighted by Crippen LogP contribution is 2.28. The molecule has 0 atom stereocenters. The lowest BCUT2D eigenvalue weighted by atomic mass is 10.1. The van der Waals surface area contributed by atoms with Crippen molar-refractivity contribution in [2.24, 2.45) is 10.9 Å². The van der Waals surface area contributed by atoms with Crippen LogP contribution < -0.4 is 0 Å². The molecule has 84 valence electrons. The van der Waals surface area contributed by atoms with Crippen LogP contribution >= 0.6 is 11.8 Å². The number of hydrogen-bond acceptors (Lipinski definition) is 3. The van der Waals surface area contributed by atoms with Crippen molar-refractivity contribution in [1.82, 2.24) is 4.90 Å². The summed E-state index contributed by atoms with van der Waals surface area (Å²) in [6, 6.07) is 0. The van der Waals surface area contributed by atoms with E-state index in [0.717, 1.165) is 36.9 Å². The first kappa shape index (κ1) is 11.0. The molecular formula is C11H18N2OS. The zero-order valence-electron chi connectivity index (χ0n) is 9.24. The average molecular weight is 226 g/mol. The molecule has 15 heavy (non-hydrogen) atoms. The Labute approximate surface area is 95.3 Å². The van der Waals surface area contributed by atoms with Crippen LogP contribution in [0.1, 0.15) is 32.6 Å². The second-order valence-corrected chi connectivity index (χ2v) is 5.30. The van der Waals surface area contributed by atoms with E-state index in [4.69, 9.17) is 0 Å². The fourth-order valence-corrected chi connectivity index (χ4v) is 3.05. The molecule has 0 unspecified atom stereocenters. The molecule has 0 bridgehead atoms. The first-order valence-electron chi connectivity index (χ1n) is 5.81. The van der Waals surface area contributed by atoms with Crippen molar-refractivity contribution in [3.8, 4) is 0 Å². The van der Waals surface area contributed by atoms with Gasteiger partial charge < -0.3 is 0 Å². The molecule has 1 amide bonds. The predicted molar refractivity (Wildman–Crippen MR) is 64.1 cm³/mol. The first-order valence-corrected chi connectivity index (χ1v) is 6.80. The second-order valence-electron chi connectivity index (χ2n) is 4.07. The van der Waals surface area contributed by atoms with E-state index in [1.807, 2.05) is 4.90 Å². The van der Waals surface area contributed by atoms with Crippen LogP contribution in [0.4, 0.5) is 0 Å². The van der Waals surface area contributed by atoms with Crippen molar-refractivity contribution in [1.29, 1.82) is 0 Å². The van der Waals surface area contributed by atoms with E-state index in [0.29, 0.717) is 5.91 Å². The molecule has 0 aromatic carbocycles. The maximum atomic E-state index is 12.2. The van der Waals surface area contributed by atoms with Gasteiger partial charge in [0.05, 0.1) is 6.54 Å². The van der Waals surface area contributed by atoms with Crippen LogP contribution in [0.5, 0.6) is 0 Å². The molecule has 1 saturated carbocycles. The van der Waals surface area contributed by atoms with Crippen molar-refractivity contribution < 1.29 is 4.79 Å². The van der Waals surface area contributed by atoms with Crippen LogP contribution in [0.3, 0.4) is 0 Å². The molecule has 1 fully saturated rings. The normalized spacial score (nSPS) is 22.2. The van der Waals surface area contributed by atoms with Gasteiger partial charge in [0.1, 0.15) is 0 Å². The number of carbonyl (C=O) groups excluding carboxylic acids is 1. The Bertz CT molecular complexity index is 272. The Kier molecular flexibility index (Phi) is 3.67. The smallest absolute Gasteiger partial charge is 0.231 e. The van der Waals surface area contributed by atoms with Crippen LogP contribution in [-0.2, 0) is 4.79 Å². The minimum Gasteiger partial charge on any atom is -0.289 e. The molecule has 2 rings (SSSR count). The first-order chi connectivity index (χ1) is 7.33. The lowest BCUT2D eigenvalue weighted by molar-refractivity contribution is -0.130. The maximum Gasteiger partial charge on any atom is 0.231 e. The van der Waals surface area contributed by atoms with E-state index in [2.05, 4.69) is 11.9 Å². The molecular weight excluding hydrogens is 208 g/mol. The van der Waals surface area contributed by atoms with Crippen LogP contribution in [0.2, 0.25) is 0 Å². The average Bonchev–Trinajstić information content (AvgIpc) is 2.87. The quantitative estimate of drug-likeness (QED) is 0.722. The predicted octanol–water partition coefficient (Wildman–Crippen LogP) is 2.13. The molecule has 3 nitrogen and oxygen atoms in total. The summed E-state index contributed by atoms with van der Waals surface area (Å²) in [5.41, 5.74) is 0. The SMILES string of the molecule is CCSC1=NCCN1C(=O)C1CCCC1. The van der Waals surface area contributed by atoms with Gasteiger partial charge in [0.15, 0.2) is 5.17 Å². The van der Waals surface area contributed by atoms with Gasteiger partial charge in [0, 0.05) is 12.5 Å². The third-order valence-electron chi connectivity index (χ3n) is 3.05. The van der Waals surface area contributed by atoms with Gasteiger partial charge in [-0.25, -0.2) is 0 Å². The molecule has 2 aliphatic rings. The van der Waals surface area contributed by atoms with E-state index in [1.165, 1.54) is 12.8 Å². The summed E-state index contributed by atoms with van der Waals surface area (Å²) in [6.07, 6.45) is 4.61. The summed E-state index contributed by atoms with van der Waals surface area (Å²) >= 11 is 1.69. The molecule has 1 aliphatic carbocycles. The van der Waals surface area contributed by atoms with Gasteiger partial charge in [-0.15, -0.1) is 0 Å². The zero-order chi connectivity index (χ0) is 10.7. The number of hydrogen-bond donors (Lipinski definition) is 0. The summed E-state index contributed by atoms with van der Waals surface area (Å²) in [4.78, 5) is 18.5. The Morgan fingerprint density at radius 3 is 2.93 bits per heavy atom. The lowest BCUT2D eigenvalue weighted by Gasteiger charge is -2.20. The maximum absolute atomic E-state index is 12.2. The highest BCUT2D eigenvalue weighted by Gasteiger charge is 2.31. The number of carbonyl (C=O) groups is 1. The van der Waals surface area contributed by atoms with E-state index in [9.17, 15) is 4.79 Å². The number of amidine groups is 1. The number of amides is 1. The third-order valence-corrected chi connectivity index (χ3v) is 3.94. The number of thioether (sulfide) groups is 1. The number of aliphatic imine (C=N–C) groups is 1. The Balaban J connectivity index is 1.97. The van der Waals surface area contributed by atoms with Crippen LogP contribution in [-0.4, -0.2) is 34.8 Å². The Morgan fingerprint density at radius 1 is 1.53 bits per heavy atom. The minimum atomic E-state index is 0.283. The molecule has 0 aromatic rings. The summed E-state index contributed by atoms with van der Waals surface area (Å²) in [5, 5.41) is 0.953.